The van der Waals surface area contributed by atoms with Gasteiger partial charge in [0.2, 0.25) is 0 Å². The van der Waals surface area contributed by atoms with Crippen LogP contribution in [0, 0.1) is 0 Å². The first kappa shape index (κ1) is 26.1. The van der Waals surface area contributed by atoms with Crippen molar-refractivity contribution < 1.29 is 22.6 Å². The third-order valence-corrected chi connectivity index (χ3v) is 5.89. The van der Waals surface area contributed by atoms with Crippen LogP contribution < -0.4 is 10.9 Å². The molecule has 1 N–H and O–H groups in total. The monoisotopic (exact) mass is 505 g/mol. The maximum Gasteiger partial charge on any atom is 0.416 e. The number of alkyl halides is 3. The van der Waals surface area contributed by atoms with Crippen LogP contribution in [0.4, 0.5) is 19.0 Å². The minimum Gasteiger partial charge on any atom is -0.379 e. The number of halogens is 3. The fraction of sp³-hybridized carbons (Fsp3) is 0.480. The van der Waals surface area contributed by atoms with Crippen LogP contribution in [0.25, 0.3) is 22.4 Å². The SMILES string of the molecule is CC(C)OCCn1c(=O)c(NCCN2CCOCC2)nc2ccc(-c3ccc(C(F)(F)F)cc3)nc21. The zero-order valence-electron chi connectivity index (χ0n) is 20.3. The molecule has 0 bridgehead atoms. The molecule has 1 fully saturated rings. The first-order valence-electron chi connectivity index (χ1n) is 12.0. The Morgan fingerprint density at radius 2 is 1.78 bits per heavy atom. The molecule has 0 radical (unpaired) electrons. The Morgan fingerprint density at radius 1 is 1.06 bits per heavy atom. The van der Waals surface area contributed by atoms with E-state index in [0.29, 0.717) is 48.8 Å². The highest BCUT2D eigenvalue weighted by molar-refractivity contribution is 5.76. The molecule has 8 nitrogen and oxygen atoms in total. The Kier molecular flexibility index (Phi) is 8.22. The lowest BCUT2D eigenvalue weighted by Gasteiger charge is -2.26. The molecule has 0 unspecified atom stereocenters. The van der Waals surface area contributed by atoms with Gasteiger partial charge in [-0.3, -0.25) is 14.3 Å². The van der Waals surface area contributed by atoms with Crippen molar-refractivity contribution >= 4 is 17.0 Å². The highest BCUT2D eigenvalue weighted by Crippen LogP contribution is 2.31. The van der Waals surface area contributed by atoms with Crippen molar-refractivity contribution in [2.24, 2.45) is 0 Å². The van der Waals surface area contributed by atoms with Crippen molar-refractivity contribution in [2.75, 3.05) is 51.3 Å². The Hall–Kier alpha value is -3.02. The second-order valence-corrected chi connectivity index (χ2v) is 8.83. The fourth-order valence-electron chi connectivity index (χ4n) is 3.97. The maximum atomic E-state index is 13.3. The predicted molar refractivity (Wildman–Crippen MR) is 131 cm³/mol. The third kappa shape index (κ3) is 6.40. The summed E-state index contributed by atoms with van der Waals surface area (Å²) >= 11 is 0. The van der Waals surface area contributed by atoms with Gasteiger partial charge in [-0.05, 0) is 38.1 Å². The van der Waals surface area contributed by atoms with Gasteiger partial charge >= 0.3 is 6.18 Å². The largest absolute Gasteiger partial charge is 0.416 e. The van der Waals surface area contributed by atoms with Gasteiger partial charge in [0, 0.05) is 31.7 Å². The molecule has 36 heavy (non-hydrogen) atoms. The van der Waals surface area contributed by atoms with Crippen LogP contribution >= 0.6 is 0 Å². The highest BCUT2D eigenvalue weighted by atomic mass is 19.4. The number of nitrogens with one attached hydrogen (secondary N) is 1. The van der Waals surface area contributed by atoms with E-state index in [4.69, 9.17) is 9.47 Å². The average molecular weight is 506 g/mol. The van der Waals surface area contributed by atoms with Crippen LogP contribution in [-0.2, 0) is 22.2 Å². The van der Waals surface area contributed by atoms with E-state index in [1.54, 1.807) is 12.1 Å². The van der Waals surface area contributed by atoms with E-state index < -0.39 is 11.7 Å². The van der Waals surface area contributed by atoms with Crippen molar-refractivity contribution in [3.05, 3.63) is 52.3 Å². The van der Waals surface area contributed by atoms with E-state index in [0.717, 1.165) is 31.8 Å². The van der Waals surface area contributed by atoms with Gasteiger partial charge in [0.1, 0.15) is 5.52 Å². The normalized spacial score (nSPS) is 15.1. The molecule has 11 heteroatoms. The Bertz CT molecular complexity index is 1220. The van der Waals surface area contributed by atoms with Crippen LogP contribution in [0.15, 0.2) is 41.2 Å². The van der Waals surface area contributed by atoms with E-state index in [2.05, 4.69) is 20.2 Å². The van der Waals surface area contributed by atoms with Gasteiger partial charge in [-0.1, -0.05) is 12.1 Å². The maximum absolute atomic E-state index is 13.3. The summed E-state index contributed by atoms with van der Waals surface area (Å²) in [6.07, 6.45) is -4.42. The molecule has 4 rings (SSSR count). The summed E-state index contributed by atoms with van der Waals surface area (Å²) in [5, 5.41) is 3.16. The number of pyridine rings is 1. The number of benzene rings is 1. The fourth-order valence-corrected chi connectivity index (χ4v) is 3.97. The number of rotatable bonds is 9. The van der Waals surface area contributed by atoms with Gasteiger partial charge in [-0.25, -0.2) is 9.97 Å². The lowest BCUT2D eigenvalue weighted by Crippen LogP contribution is -2.39. The van der Waals surface area contributed by atoms with Crippen molar-refractivity contribution in [1.82, 2.24) is 19.4 Å². The Morgan fingerprint density at radius 3 is 2.44 bits per heavy atom. The molecule has 3 aromatic rings. The van der Waals surface area contributed by atoms with Crippen LogP contribution in [0.5, 0.6) is 0 Å². The summed E-state index contributed by atoms with van der Waals surface area (Å²) < 4.78 is 51.4. The number of fused-ring (bicyclic) bond motifs is 1. The molecular formula is C25H30F3N5O3. The van der Waals surface area contributed by atoms with Crippen molar-refractivity contribution in [1.29, 1.82) is 0 Å². The quantitative estimate of drug-likeness (QED) is 0.476. The Labute approximate surface area is 207 Å². The van der Waals surface area contributed by atoms with Gasteiger partial charge in [-0.15, -0.1) is 0 Å². The summed E-state index contributed by atoms with van der Waals surface area (Å²) in [5.41, 5.74) is 0.754. The third-order valence-electron chi connectivity index (χ3n) is 5.89. The second-order valence-electron chi connectivity index (χ2n) is 8.83. The summed E-state index contributed by atoms with van der Waals surface area (Å²) in [5.74, 6) is 0.226. The summed E-state index contributed by atoms with van der Waals surface area (Å²) in [6.45, 7) is 8.78. The van der Waals surface area contributed by atoms with Crippen LogP contribution in [0.2, 0.25) is 0 Å². The first-order valence-corrected chi connectivity index (χ1v) is 12.0. The molecule has 0 aliphatic carbocycles. The zero-order valence-corrected chi connectivity index (χ0v) is 20.3. The minimum absolute atomic E-state index is 0.00408. The van der Waals surface area contributed by atoms with Crippen molar-refractivity contribution in [3.8, 4) is 11.3 Å². The van der Waals surface area contributed by atoms with E-state index in [1.165, 1.54) is 16.7 Å². The minimum atomic E-state index is -4.42. The number of hydrogen-bond donors (Lipinski definition) is 1. The summed E-state index contributed by atoms with van der Waals surface area (Å²) in [6, 6.07) is 8.19. The number of anilines is 1. The Balaban J connectivity index is 1.63. The average Bonchev–Trinajstić information content (AvgIpc) is 2.86. The van der Waals surface area contributed by atoms with Gasteiger partial charge < -0.3 is 14.8 Å². The van der Waals surface area contributed by atoms with Crippen molar-refractivity contribution in [3.63, 3.8) is 0 Å². The van der Waals surface area contributed by atoms with E-state index in [1.807, 2.05) is 13.8 Å². The zero-order chi connectivity index (χ0) is 25.7. The van der Waals surface area contributed by atoms with Crippen molar-refractivity contribution in [2.45, 2.75) is 32.7 Å². The lowest BCUT2D eigenvalue weighted by atomic mass is 10.1. The van der Waals surface area contributed by atoms with Crippen LogP contribution in [-0.4, -0.2) is 71.5 Å². The molecule has 194 valence electrons. The topological polar surface area (TPSA) is 81.5 Å². The van der Waals surface area contributed by atoms with Gasteiger partial charge in [0.25, 0.3) is 5.56 Å². The molecule has 1 aliphatic heterocycles. The first-order chi connectivity index (χ1) is 17.2. The predicted octanol–water partition coefficient (Wildman–Crippen LogP) is 3.65. The van der Waals surface area contributed by atoms with Gasteiger partial charge in [0.05, 0.1) is 43.7 Å². The summed E-state index contributed by atoms with van der Waals surface area (Å²) in [7, 11) is 0. The molecule has 1 aromatic carbocycles. The molecular weight excluding hydrogens is 475 g/mol. The molecule has 0 saturated carbocycles. The van der Waals surface area contributed by atoms with E-state index in [-0.39, 0.29) is 24.0 Å². The smallest absolute Gasteiger partial charge is 0.379 e. The number of morpholine rings is 1. The van der Waals surface area contributed by atoms with E-state index in [9.17, 15) is 18.0 Å². The molecule has 1 saturated heterocycles. The highest BCUT2D eigenvalue weighted by Gasteiger charge is 2.30. The molecule has 0 atom stereocenters. The van der Waals surface area contributed by atoms with Crippen LogP contribution in [0.1, 0.15) is 19.4 Å². The number of hydrogen-bond acceptors (Lipinski definition) is 7. The molecule has 2 aromatic heterocycles. The number of aromatic nitrogens is 3. The molecule has 0 spiro atoms. The lowest BCUT2D eigenvalue weighted by molar-refractivity contribution is -0.137. The molecule has 0 amide bonds. The number of ether oxygens (including phenoxy) is 2. The number of nitrogens with zero attached hydrogens (tertiary/aromatic N) is 4. The second kappa shape index (κ2) is 11.4. The van der Waals surface area contributed by atoms with Crippen LogP contribution in [0.3, 0.4) is 0 Å². The van der Waals surface area contributed by atoms with Gasteiger partial charge in [-0.2, -0.15) is 13.2 Å². The summed E-state index contributed by atoms with van der Waals surface area (Å²) in [4.78, 5) is 24.7. The molecule has 1 aliphatic rings. The standard InChI is InChI=1S/C25H30F3N5O3/c1-17(2)36-16-13-33-23-21(30-22(24(33)34)29-9-10-32-11-14-35-15-12-32)8-7-20(31-23)18-3-5-19(6-4-18)25(26,27)28/h3-8,17H,9-16H2,1-2H3,(H,29,30). The van der Waals surface area contributed by atoms with Gasteiger partial charge in [0.15, 0.2) is 11.5 Å². The van der Waals surface area contributed by atoms with E-state index >= 15 is 0 Å². The molecule has 3 heterocycles.